The third-order valence-electron chi connectivity index (χ3n) is 7.39. The zero-order chi connectivity index (χ0) is 30.7. The van der Waals surface area contributed by atoms with Crippen LogP contribution in [0.25, 0.3) is 0 Å². The van der Waals surface area contributed by atoms with Crippen LogP contribution in [0.4, 0.5) is 5.69 Å². The van der Waals surface area contributed by atoms with Crippen LogP contribution in [-0.2, 0) is 31.3 Å². The Balaban J connectivity index is 1.68. The molecule has 1 heterocycles. The Bertz CT molecular complexity index is 1610. The number of fused-ring (bicyclic) bond motifs is 1. The van der Waals surface area contributed by atoms with E-state index in [0.717, 1.165) is 5.56 Å². The lowest BCUT2D eigenvalue weighted by Gasteiger charge is -2.33. The van der Waals surface area contributed by atoms with Gasteiger partial charge < -0.3 is 14.7 Å². The number of aliphatic hydroxyl groups is 1. The molecule has 0 aromatic heterocycles. The Morgan fingerprint density at radius 1 is 1.02 bits per heavy atom. The third-order valence-corrected chi connectivity index (χ3v) is 10.6. The molecule has 0 radical (unpaired) electrons. The van der Waals surface area contributed by atoms with Gasteiger partial charge in [0.25, 0.3) is 10.0 Å². The van der Waals surface area contributed by atoms with E-state index in [9.17, 15) is 26.7 Å². The molecule has 0 bridgehead atoms. The molecule has 3 atom stereocenters. The lowest BCUT2D eigenvalue weighted by Crippen LogP contribution is -2.48. The Morgan fingerprint density at radius 3 is 2.33 bits per heavy atom. The highest BCUT2D eigenvalue weighted by Crippen LogP contribution is 2.30. The van der Waals surface area contributed by atoms with Gasteiger partial charge in [0.2, 0.25) is 15.9 Å². The van der Waals surface area contributed by atoms with Gasteiger partial charge in [-0.15, -0.1) is 0 Å². The number of hydrogen-bond acceptors (Lipinski definition) is 7. The van der Waals surface area contributed by atoms with Gasteiger partial charge in [-0.1, -0.05) is 42.8 Å². The highest BCUT2D eigenvalue weighted by Gasteiger charge is 2.33. The van der Waals surface area contributed by atoms with E-state index in [1.165, 1.54) is 35.6 Å². The molecule has 42 heavy (non-hydrogen) atoms. The number of aryl methyl sites for hydroxylation is 1. The maximum absolute atomic E-state index is 13.5. The smallest absolute Gasteiger partial charge is 0.261 e. The molecule has 1 aliphatic rings. The summed E-state index contributed by atoms with van der Waals surface area (Å²) in [5, 5.41) is 9.87. The van der Waals surface area contributed by atoms with Gasteiger partial charge in [0.15, 0.2) is 0 Å². The number of anilines is 1. The van der Waals surface area contributed by atoms with Crippen molar-refractivity contribution in [1.82, 2.24) is 9.21 Å². The minimum absolute atomic E-state index is 0.00479. The van der Waals surface area contributed by atoms with Crippen LogP contribution in [0.15, 0.2) is 82.6 Å². The number of nitrogens with zero attached hydrogens (tertiary/aromatic N) is 2. The van der Waals surface area contributed by atoms with E-state index in [0.29, 0.717) is 11.3 Å². The molecule has 2 N–H and O–H groups in total. The molecule has 4 rings (SSSR count). The molecule has 0 fully saturated rings. The van der Waals surface area contributed by atoms with Crippen LogP contribution in [0, 0.1) is 12.8 Å². The van der Waals surface area contributed by atoms with Gasteiger partial charge in [0, 0.05) is 30.8 Å². The van der Waals surface area contributed by atoms with Gasteiger partial charge in [0.1, 0.15) is 11.9 Å². The molecule has 0 unspecified atom stereocenters. The minimum atomic E-state index is -3.89. The summed E-state index contributed by atoms with van der Waals surface area (Å²) in [5.74, 6) is -0.234. The van der Waals surface area contributed by atoms with E-state index < -0.39 is 32.2 Å². The second kappa shape index (κ2) is 12.8. The van der Waals surface area contributed by atoms with E-state index in [2.05, 4.69) is 4.72 Å². The summed E-state index contributed by atoms with van der Waals surface area (Å²) in [6.07, 6.45) is -0.765. The summed E-state index contributed by atoms with van der Waals surface area (Å²) in [7, 11) is -6.23. The maximum Gasteiger partial charge on any atom is 0.261 e. The number of benzene rings is 3. The number of hydrogen-bond donors (Lipinski definition) is 2. The van der Waals surface area contributed by atoms with Crippen molar-refractivity contribution in [2.24, 2.45) is 5.92 Å². The molecule has 1 amide bonds. The molecule has 0 aliphatic carbocycles. The molecular weight excluding hydrogens is 578 g/mol. The van der Waals surface area contributed by atoms with Crippen molar-refractivity contribution >= 4 is 31.6 Å². The molecule has 0 saturated carbocycles. The summed E-state index contributed by atoms with van der Waals surface area (Å²) in [6.45, 7) is 5.43. The monoisotopic (exact) mass is 615 g/mol. The SMILES string of the molecule is Cc1ccc(S(=O)(=O)Nc2ccc3c(c2)CC(=O)N([C@@H](C)CO)C[C@H](C)[C@H](CN(C)S(=O)(=O)c2ccccc2)O3)cc1. The lowest BCUT2D eigenvalue weighted by atomic mass is 10.0. The van der Waals surface area contributed by atoms with Crippen LogP contribution in [0.2, 0.25) is 0 Å². The fraction of sp³-hybridized carbons (Fsp3) is 0.367. The highest BCUT2D eigenvalue weighted by molar-refractivity contribution is 7.92. The highest BCUT2D eigenvalue weighted by atomic mass is 32.2. The van der Waals surface area contributed by atoms with E-state index in [1.54, 1.807) is 60.4 Å². The average molecular weight is 616 g/mol. The summed E-state index contributed by atoms with van der Waals surface area (Å²) in [4.78, 5) is 15.3. The molecule has 0 spiro atoms. The van der Waals surface area contributed by atoms with Crippen molar-refractivity contribution in [1.29, 1.82) is 0 Å². The van der Waals surface area contributed by atoms with Gasteiger partial charge in [-0.3, -0.25) is 9.52 Å². The summed E-state index contributed by atoms with van der Waals surface area (Å²) in [6, 6.07) is 18.7. The van der Waals surface area contributed by atoms with Crippen LogP contribution in [-0.4, -0.2) is 75.9 Å². The van der Waals surface area contributed by atoms with E-state index >= 15 is 0 Å². The number of aliphatic hydroxyl groups excluding tert-OH is 1. The Labute approximate surface area is 248 Å². The van der Waals surface area contributed by atoms with Gasteiger partial charge in [-0.2, -0.15) is 4.31 Å². The van der Waals surface area contributed by atoms with Crippen LogP contribution in [0.5, 0.6) is 5.75 Å². The molecule has 12 heteroatoms. The van der Waals surface area contributed by atoms with Crippen LogP contribution < -0.4 is 9.46 Å². The summed E-state index contributed by atoms with van der Waals surface area (Å²) >= 11 is 0. The third kappa shape index (κ3) is 7.12. The first-order valence-corrected chi connectivity index (χ1v) is 16.5. The fourth-order valence-electron chi connectivity index (χ4n) is 4.77. The standard InChI is InChI=1S/C30H37N3O7S2/c1-21-10-13-26(14-11-21)41(36,37)31-25-12-15-28-24(16-25)17-30(35)33(23(3)20-34)18-22(2)29(40-28)19-32(4)42(38,39)27-8-6-5-7-9-27/h5-16,22-23,29,31,34H,17-20H2,1-4H3/t22-,23-,29-/m0/s1. The number of likely N-dealkylation sites (N-methyl/N-ethyl adjacent to an activating group) is 1. The van der Waals surface area contributed by atoms with Gasteiger partial charge in [0.05, 0.1) is 35.4 Å². The fourth-order valence-corrected chi connectivity index (χ4v) is 7.02. The van der Waals surface area contributed by atoms with Gasteiger partial charge in [-0.25, -0.2) is 16.8 Å². The number of carbonyl (C=O) groups excluding carboxylic acids is 1. The first kappa shape index (κ1) is 31.5. The van der Waals surface area contributed by atoms with E-state index in [1.807, 2.05) is 13.8 Å². The van der Waals surface area contributed by atoms with Gasteiger partial charge in [-0.05, 0) is 56.3 Å². The molecule has 10 nitrogen and oxygen atoms in total. The zero-order valence-corrected chi connectivity index (χ0v) is 25.7. The van der Waals surface area contributed by atoms with Gasteiger partial charge >= 0.3 is 0 Å². The van der Waals surface area contributed by atoms with Crippen molar-refractivity contribution in [2.45, 2.75) is 49.1 Å². The first-order chi connectivity index (χ1) is 19.8. The quantitative estimate of drug-likeness (QED) is 0.378. The molecular formula is C30H37N3O7S2. The van der Waals surface area contributed by atoms with E-state index in [4.69, 9.17) is 4.74 Å². The number of carbonyl (C=O) groups is 1. The molecule has 3 aromatic rings. The number of nitrogens with one attached hydrogen (secondary N) is 1. The Morgan fingerprint density at radius 2 is 1.69 bits per heavy atom. The zero-order valence-electron chi connectivity index (χ0n) is 24.1. The second-order valence-corrected chi connectivity index (χ2v) is 14.5. The number of amides is 1. The molecule has 0 saturated heterocycles. The van der Waals surface area contributed by atoms with Crippen molar-refractivity contribution in [3.05, 3.63) is 83.9 Å². The first-order valence-electron chi connectivity index (χ1n) is 13.6. The van der Waals surface area contributed by atoms with Crippen LogP contribution in [0.1, 0.15) is 25.0 Å². The number of rotatable bonds is 9. The van der Waals surface area contributed by atoms with E-state index in [-0.39, 0.29) is 53.4 Å². The average Bonchev–Trinajstić information content (AvgIpc) is 3.00. The molecule has 1 aliphatic heterocycles. The van der Waals surface area contributed by atoms with Crippen molar-refractivity contribution in [3.63, 3.8) is 0 Å². The normalized spacial score (nSPS) is 18.8. The van der Waals surface area contributed by atoms with Crippen molar-refractivity contribution in [2.75, 3.05) is 31.5 Å². The second-order valence-electron chi connectivity index (χ2n) is 10.7. The molecule has 226 valence electrons. The minimum Gasteiger partial charge on any atom is -0.488 e. The summed E-state index contributed by atoms with van der Waals surface area (Å²) < 4.78 is 62.8. The topological polar surface area (TPSA) is 133 Å². The van der Waals surface area contributed by atoms with Crippen molar-refractivity contribution < 1.29 is 31.5 Å². The molecule has 3 aromatic carbocycles. The summed E-state index contributed by atoms with van der Waals surface area (Å²) in [5.41, 5.74) is 1.61. The van der Waals surface area contributed by atoms with Crippen LogP contribution >= 0.6 is 0 Å². The predicted octanol–water partition coefficient (Wildman–Crippen LogP) is 3.27. The maximum atomic E-state index is 13.5. The Hall–Kier alpha value is -3.45. The number of sulfonamides is 2. The van der Waals surface area contributed by atoms with Crippen molar-refractivity contribution in [3.8, 4) is 5.75 Å². The Kier molecular flexibility index (Phi) is 9.61. The predicted molar refractivity (Wildman–Crippen MR) is 160 cm³/mol. The van der Waals surface area contributed by atoms with Crippen LogP contribution in [0.3, 0.4) is 0 Å². The lowest BCUT2D eigenvalue weighted by molar-refractivity contribution is -0.134. The number of ether oxygens (including phenoxy) is 1. The largest absolute Gasteiger partial charge is 0.488 e.